The van der Waals surface area contributed by atoms with Crippen LogP contribution in [0.1, 0.15) is 47.1 Å². The zero-order chi connectivity index (χ0) is 17.5. The van der Waals surface area contributed by atoms with Crippen LogP contribution >= 0.6 is 0 Å². The lowest BCUT2D eigenvalue weighted by Crippen LogP contribution is -2.41. The van der Waals surface area contributed by atoms with Crippen LogP contribution in [0.2, 0.25) is 0 Å². The average Bonchev–Trinajstić information content (AvgIpc) is 2.61. The van der Waals surface area contributed by atoms with Gasteiger partial charge in [0.2, 0.25) is 0 Å². The van der Waals surface area contributed by atoms with Crippen LogP contribution < -0.4 is 0 Å². The number of allylic oxidation sites excluding steroid dienone is 1. The lowest BCUT2D eigenvalue weighted by Gasteiger charge is -2.32. The molecule has 5 heteroatoms. The van der Waals surface area contributed by atoms with Crippen LogP contribution in [0.15, 0.2) is 36.1 Å². The van der Waals surface area contributed by atoms with Gasteiger partial charge in [-0.25, -0.2) is 8.78 Å². The average molecular weight is 322 g/mol. The van der Waals surface area contributed by atoms with E-state index in [2.05, 4.69) is 0 Å². The van der Waals surface area contributed by atoms with Crippen LogP contribution in [0, 0.1) is 11.2 Å². The Morgan fingerprint density at radius 2 is 1.57 bits per heavy atom. The molecule has 126 valence electrons. The summed E-state index contributed by atoms with van der Waals surface area (Å²) >= 11 is 0. The van der Waals surface area contributed by atoms with Crippen molar-refractivity contribution in [3.8, 4) is 0 Å². The molecule has 1 heterocycles. The lowest BCUT2D eigenvalue weighted by atomic mass is 9.79. The van der Waals surface area contributed by atoms with E-state index in [1.807, 2.05) is 41.5 Å². The van der Waals surface area contributed by atoms with E-state index < -0.39 is 29.5 Å². The first-order valence-electron chi connectivity index (χ1n) is 7.90. The second-order valence-corrected chi connectivity index (χ2v) is 7.91. The summed E-state index contributed by atoms with van der Waals surface area (Å²) in [5.74, 6) is -0.273. The summed E-state index contributed by atoms with van der Waals surface area (Å²) in [5.41, 5.74) is -1.04. The van der Waals surface area contributed by atoms with E-state index in [0.29, 0.717) is 6.42 Å². The lowest BCUT2D eigenvalue weighted by molar-refractivity contribution is 0.00578. The molecule has 1 aliphatic rings. The number of hydrogen-bond acceptors (Lipinski definition) is 2. The normalized spacial score (nSPS) is 20.9. The molecule has 1 saturated heterocycles. The largest absolute Gasteiger partial charge is 0.524 e. The van der Waals surface area contributed by atoms with Crippen molar-refractivity contribution in [1.29, 1.82) is 0 Å². The van der Waals surface area contributed by atoms with Crippen LogP contribution in [-0.4, -0.2) is 18.3 Å². The highest BCUT2D eigenvalue weighted by Crippen LogP contribution is 2.39. The predicted octanol–water partition coefficient (Wildman–Crippen LogP) is 4.88. The fraction of sp³-hybridized carbons (Fsp3) is 0.556. The summed E-state index contributed by atoms with van der Waals surface area (Å²) in [4.78, 5) is 0. The molecule has 23 heavy (non-hydrogen) atoms. The Morgan fingerprint density at radius 1 is 1.09 bits per heavy atom. The van der Waals surface area contributed by atoms with E-state index in [0.717, 1.165) is 5.56 Å². The number of benzene rings is 1. The van der Waals surface area contributed by atoms with Gasteiger partial charge < -0.3 is 9.31 Å². The monoisotopic (exact) mass is 322 g/mol. The maximum absolute atomic E-state index is 14.6. The third-order valence-electron chi connectivity index (χ3n) is 4.58. The van der Waals surface area contributed by atoms with E-state index in [4.69, 9.17) is 9.31 Å². The van der Waals surface area contributed by atoms with Gasteiger partial charge in [-0.15, -0.1) is 0 Å². The first kappa shape index (κ1) is 18.1. The Labute approximate surface area is 138 Å². The van der Waals surface area contributed by atoms with Crippen LogP contribution in [0.25, 0.3) is 0 Å². The molecular weight excluding hydrogens is 297 g/mol. The number of rotatable bonds is 4. The van der Waals surface area contributed by atoms with Crippen molar-refractivity contribution >= 4 is 7.12 Å². The fourth-order valence-electron chi connectivity index (χ4n) is 2.58. The molecule has 1 aromatic carbocycles. The maximum atomic E-state index is 14.6. The van der Waals surface area contributed by atoms with Crippen molar-refractivity contribution in [3.63, 3.8) is 0 Å². The molecule has 0 aliphatic carbocycles. The summed E-state index contributed by atoms with van der Waals surface area (Å²) in [6.45, 7) is 11.4. The van der Waals surface area contributed by atoms with Crippen molar-refractivity contribution in [1.82, 2.24) is 0 Å². The second kappa shape index (κ2) is 6.02. The number of hydrogen-bond donors (Lipinski definition) is 0. The fourth-order valence-corrected chi connectivity index (χ4v) is 2.58. The highest BCUT2D eigenvalue weighted by atomic mass is 19.1. The molecule has 0 radical (unpaired) electrons. The van der Waals surface area contributed by atoms with Crippen molar-refractivity contribution in [2.24, 2.45) is 5.41 Å². The predicted molar refractivity (Wildman–Crippen MR) is 89.2 cm³/mol. The third kappa shape index (κ3) is 4.21. The van der Waals surface area contributed by atoms with Gasteiger partial charge in [0, 0.05) is 0 Å². The minimum absolute atomic E-state index is 0.273. The van der Waals surface area contributed by atoms with E-state index in [1.54, 1.807) is 18.2 Å². The molecule has 1 aromatic rings. The van der Waals surface area contributed by atoms with Crippen LogP contribution in [0.4, 0.5) is 8.78 Å². The molecule has 0 N–H and O–H groups in total. The minimum Gasteiger partial charge on any atom is -0.398 e. The van der Waals surface area contributed by atoms with Gasteiger partial charge in [-0.05, 0) is 57.2 Å². The summed E-state index contributed by atoms with van der Waals surface area (Å²) in [6, 6.07) is 6.27. The SMILES string of the molecule is CC(C)(C=C(F)B1OC(C)(C)C(C)(C)O1)Cc1ccc(F)cc1. The quantitative estimate of drug-likeness (QED) is 0.736. The molecule has 0 spiro atoms. The Kier molecular flexibility index (Phi) is 4.75. The highest BCUT2D eigenvalue weighted by molar-refractivity contribution is 6.53. The van der Waals surface area contributed by atoms with Gasteiger partial charge in [-0.2, -0.15) is 0 Å². The molecule has 1 fully saturated rings. The Morgan fingerprint density at radius 3 is 2.04 bits per heavy atom. The first-order chi connectivity index (χ1) is 10.4. The Hall–Kier alpha value is -1.20. The van der Waals surface area contributed by atoms with Gasteiger partial charge in [0.25, 0.3) is 0 Å². The number of halogens is 2. The Balaban J connectivity index is 2.11. The molecule has 0 amide bonds. The molecule has 1 aliphatic heterocycles. The van der Waals surface area contributed by atoms with E-state index >= 15 is 0 Å². The van der Waals surface area contributed by atoms with Crippen molar-refractivity contribution in [2.45, 2.75) is 59.2 Å². The molecule has 0 saturated carbocycles. The molecule has 0 unspecified atom stereocenters. The van der Waals surface area contributed by atoms with Gasteiger partial charge in [0.1, 0.15) is 11.5 Å². The van der Waals surface area contributed by atoms with Crippen LogP contribution in [0.5, 0.6) is 0 Å². The topological polar surface area (TPSA) is 18.5 Å². The zero-order valence-electron chi connectivity index (χ0n) is 14.7. The van der Waals surface area contributed by atoms with Crippen molar-refractivity contribution in [2.75, 3.05) is 0 Å². The first-order valence-corrected chi connectivity index (χ1v) is 7.90. The molecule has 0 aromatic heterocycles. The third-order valence-corrected chi connectivity index (χ3v) is 4.58. The van der Waals surface area contributed by atoms with Crippen LogP contribution in [-0.2, 0) is 15.7 Å². The molecule has 0 atom stereocenters. The van der Waals surface area contributed by atoms with Gasteiger partial charge in [-0.3, -0.25) is 0 Å². The van der Waals surface area contributed by atoms with Crippen LogP contribution in [0.3, 0.4) is 0 Å². The smallest absolute Gasteiger partial charge is 0.398 e. The Bertz CT molecular complexity index is 576. The summed E-state index contributed by atoms with van der Waals surface area (Å²) in [7, 11) is -0.979. The zero-order valence-corrected chi connectivity index (χ0v) is 14.7. The minimum atomic E-state index is -0.979. The van der Waals surface area contributed by atoms with Gasteiger partial charge in [-0.1, -0.05) is 32.1 Å². The molecule has 2 nitrogen and oxygen atoms in total. The second-order valence-electron chi connectivity index (χ2n) is 7.91. The summed E-state index contributed by atoms with van der Waals surface area (Å²) in [5, 5.41) is 0. The van der Waals surface area contributed by atoms with Gasteiger partial charge in [0.15, 0.2) is 0 Å². The van der Waals surface area contributed by atoms with E-state index in [9.17, 15) is 8.78 Å². The van der Waals surface area contributed by atoms with Gasteiger partial charge in [0.05, 0.1) is 11.2 Å². The standard InChI is InChI=1S/C18H25BF2O2/c1-16(2,11-13-7-9-14(20)10-8-13)12-15(21)19-22-17(3,4)18(5,6)23-19/h7-10,12H,11H2,1-6H3. The molecule has 2 rings (SSSR count). The van der Waals surface area contributed by atoms with Crippen molar-refractivity contribution < 1.29 is 18.1 Å². The van der Waals surface area contributed by atoms with Crippen molar-refractivity contribution in [3.05, 3.63) is 47.4 Å². The molecule has 0 bridgehead atoms. The summed E-state index contributed by atoms with van der Waals surface area (Å²) < 4.78 is 39.0. The van der Waals surface area contributed by atoms with Gasteiger partial charge >= 0.3 is 7.12 Å². The highest BCUT2D eigenvalue weighted by Gasteiger charge is 2.53. The molecular formula is C18H25BF2O2. The van der Waals surface area contributed by atoms with E-state index in [1.165, 1.54) is 12.1 Å². The maximum Gasteiger partial charge on any atom is 0.524 e. The summed E-state index contributed by atoms with van der Waals surface area (Å²) in [6.07, 6.45) is 2.14. The van der Waals surface area contributed by atoms with E-state index in [-0.39, 0.29) is 5.82 Å².